The SMILES string of the molecule is Fc1ccc2nc(CCl)n(Cc3ccc(Br)s3)c2c1F. The molecule has 0 spiro atoms. The van der Waals surface area contributed by atoms with Crippen molar-refractivity contribution < 1.29 is 8.78 Å². The van der Waals surface area contributed by atoms with E-state index in [0.29, 0.717) is 17.9 Å². The van der Waals surface area contributed by atoms with E-state index in [1.54, 1.807) is 4.57 Å². The zero-order valence-electron chi connectivity index (χ0n) is 10.0. The number of imidazole rings is 1. The van der Waals surface area contributed by atoms with Gasteiger partial charge in [0, 0.05) is 4.88 Å². The molecule has 0 aliphatic carbocycles. The van der Waals surface area contributed by atoms with E-state index in [1.807, 2.05) is 12.1 Å². The molecule has 0 unspecified atom stereocenters. The molecule has 0 saturated heterocycles. The number of nitrogens with zero attached hydrogens (tertiary/aromatic N) is 2. The van der Waals surface area contributed by atoms with E-state index in [2.05, 4.69) is 20.9 Å². The summed E-state index contributed by atoms with van der Waals surface area (Å²) in [5.41, 5.74) is 0.570. The molecule has 0 saturated carbocycles. The molecule has 0 radical (unpaired) electrons. The van der Waals surface area contributed by atoms with Crippen molar-refractivity contribution in [1.29, 1.82) is 0 Å². The maximum Gasteiger partial charge on any atom is 0.184 e. The fourth-order valence-corrected chi connectivity index (χ4v) is 3.75. The largest absolute Gasteiger partial charge is 0.319 e. The molecule has 104 valence electrons. The van der Waals surface area contributed by atoms with Gasteiger partial charge in [0.15, 0.2) is 11.6 Å². The number of rotatable bonds is 3. The Hall–Kier alpha value is -0.980. The summed E-state index contributed by atoms with van der Waals surface area (Å²) >= 11 is 10.8. The van der Waals surface area contributed by atoms with Gasteiger partial charge in [0.05, 0.1) is 21.7 Å². The van der Waals surface area contributed by atoms with Crippen molar-refractivity contribution in [3.05, 3.63) is 50.4 Å². The number of fused-ring (bicyclic) bond motifs is 1. The molecule has 0 bridgehead atoms. The van der Waals surface area contributed by atoms with Gasteiger partial charge >= 0.3 is 0 Å². The predicted octanol–water partition coefficient (Wildman–Crippen LogP) is 4.93. The maximum absolute atomic E-state index is 14.0. The summed E-state index contributed by atoms with van der Waals surface area (Å²) in [7, 11) is 0. The highest BCUT2D eigenvalue weighted by molar-refractivity contribution is 9.11. The molecule has 3 rings (SSSR count). The highest BCUT2D eigenvalue weighted by Gasteiger charge is 2.17. The van der Waals surface area contributed by atoms with Gasteiger partial charge in [-0.1, -0.05) is 0 Å². The van der Waals surface area contributed by atoms with Crippen LogP contribution in [0.15, 0.2) is 28.1 Å². The van der Waals surface area contributed by atoms with Crippen LogP contribution in [0.1, 0.15) is 10.7 Å². The molecule has 20 heavy (non-hydrogen) atoms. The molecule has 0 atom stereocenters. The van der Waals surface area contributed by atoms with E-state index in [1.165, 1.54) is 17.4 Å². The molecule has 2 aromatic heterocycles. The molecule has 0 amide bonds. The molecule has 1 aromatic carbocycles. The third-order valence-corrected chi connectivity index (χ3v) is 4.79. The first-order valence-corrected chi connectivity index (χ1v) is 7.88. The minimum Gasteiger partial charge on any atom is -0.319 e. The number of benzene rings is 1. The van der Waals surface area contributed by atoms with Crippen molar-refractivity contribution in [3.8, 4) is 0 Å². The number of aromatic nitrogens is 2. The van der Waals surface area contributed by atoms with Gasteiger partial charge in [-0.2, -0.15) is 0 Å². The zero-order chi connectivity index (χ0) is 14.3. The summed E-state index contributed by atoms with van der Waals surface area (Å²) < 4.78 is 30.1. The maximum atomic E-state index is 14.0. The van der Waals surface area contributed by atoms with Gasteiger partial charge in [-0.3, -0.25) is 0 Å². The molecule has 0 aliphatic heterocycles. The normalized spacial score (nSPS) is 11.4. The average Bonchev–Trinajstić information content (AvgIpc) is 2.99. The number of alkyl halides is 1. The smallest absolute Gasteiger partial charge is 0.184 e. The molecular weight excluding hydrogens is 370 g/mol. The van der Waals surface area contributed by atoms with Crippen molar-refractivity contribution in [2.75, 3.05) is 0 Å². The van der Waals surface area contributed by atoms with E-state index in [-0.39, 0.29) is 11.4 Å². The van der Waals surface area contributed by atoms with Crippen molar-refractivity contribution in [2.45, 2.75) is 12.4 Å². The van der Waals surface area contributed by atoms with Gasteiger partial charge in [-0.25, -0.2) is 13.8 Å². The van der Waals surface area contributed by atoms with Crippen LogP contribution >= 0.6 is 38.9 Å². The molecule has 0 N–H and O–H groups in total. The Bertz CT molecular complexity index is 784. The molecule has 2 heterocycles. The second-order valence-electron chi connectivity index (χ2n) is 4.18. The van der Waals surface area contributed by atoms with Crippen LogP contribution in [0.25, 0.3) is 11.0 Å². The highest BCUT2D eigenvalue weighted by Crippen LogP contribution is 2.27. The minimum atomic E-state index is -0.887. The summed E-state index contributed by atoms with van der Waals surface area (Å²) in [6.07, 6.45) is 0. The first-order valence-electron chi connectivity index (χ1n) is 5.73. The molecule has 7 heteroatoms. The third-order valence-electron chi connectivity index (χ3n) is 2.94. The van der Waals surface area contributed by atoms with Crippen LogP contribution in [0.2, 0.25) is 0 Å². The quantitative estimate of drug-likeness (QED) is 0.592. The number of hydrogen-bond acceptors (Lipinski definition) is 2. The van der Waals surface area contributed by atoms with Gasteiger partial charge < -0.3 is 4.57 Å². The van der Waals surface area contributed by atoms with Gasteiger partial charge in [0.1, 0.15) is 11.3 Å². The Labute approximate surface area is 131 Å². The summed E-state index contributed by atoms with van der Waals surface area (Å²) in [5.74, 6) is -1.10. The lowest BCUT2D eigenvalue weighted by Crippen LogP contribution is -2.04. The Morgan fingerprint density at radius 1 is 1.25 bits per heavy atom. The van der Waals surface area contributed by atoms with Crippen LogP contribution in [0, 0.1) is 11.6 Å². The van der Waals surface area contributed by atoms with E-state index < -0.39 is 11.6 Å². The predicted molar refractivity (Wildman–Crippen MR) is 80.3 cm³/mol. The van der Waals surface area contributed by atoms with Crippen molar-refractivity contribution in [2.24, 2.45) is 0 Å². The minimum absolute atomic E-state index is 0.141. The monoisotopic (exact) mass is 376 g/mol. The second kappa shape index (κ2) is 5.42. The van der Waals surface area contributed by atoms with Crippen molar-refractivity contribution in [1.82, 2.24) is 9.55 Å². The van der Waals surface area contributed by atoms with Crippen LogP contribution < -0.4 is 0 Å². The first kappa shape index (κ1) is 14.0. The van der Waals surface area contributed by atoms with Gasteiger partial charge in [-0.05, 0) is 40.2 Å². The van der Waals surface area contributed by atoms with E-state index in [9.17, 15) is 8.78 Å². The zero-order valence-corrected chi connectivity index (χ0v) is 13.2. The molecule has 3 aromatic rings. The van der Waals surface area contributed by atoms with E-state index >= 15 is 0 Å². The van der Waals surface area contributed by atoms with Gasteiger partial charge in [-0.15, -0.1) is 22.9 Å². The lowest BCUT2D eigenvalue weighted by Gasteiger charge is -2.06. The number of hydrogen-bond donors (Lipinski definition) is 0. The van der Waals surface area contributed by atoms with Crippen molar-refractivity contribution in [3.63, 3.8) is 0 Å². The summed E-state index contributed by atoms with van der Waals surface area (Å²) in [5, 5.41) is 0. The van der Waals surface area contributed by atoms with E-state index in [4.69, 9.17) is 11.6 Å². The summed E-state index contributed by atoms with van der Waals surface area (Å²) in [4.78, 5) is 5.26. The van der Waals surface area contributed by atoms with Crippen LogP contribution in [0.3, 0.4) is 0 Å². The van der Waals surface area contributed by atoms with E-state index in [0.717, 1.165) is 14.7 Å². The topological polar surface area (TPSA) is 17.8 Å². The number of halogens is 4. The standard InChI is InChI=1S/C13H8BrClF2N2S/c14-10-4-1-7(20-10)6-19-11(5-15)18-9-3-2-8(16)12(17)13(9)19/h1-4H,5-6H2. The Morgan fingerprint density at radius 3 is 2.70 bits per heavy atom. The second-order valence-corrected chi connectivity index (χ2v) is 7.00. The molecule has 2 nitrogen and oxygen atoms in total. The molecule has 0 aliphatic rings. The van der Waals surface area contributed by atoms with Crippen LogP contribution in [-0.4, -0.2) is 9.55 Å². The number of thiophene rings is 1. The molecular formula is C13H8BrClF2N2S. The summed E-state index contributed by atoms with van der Waals surface area (Å²) in [6.45, 7) is 0.412. The lowest BCUT2D eigenvalue weighted by molar-refractivity contribution is 0.512. The Morgan fingerprint density at radius 2 is 2.05 bits per heavy atom. The molecule has 0 fully saturated rings. The van der Waals surface area contributed by atoms with Crippen LogP contribution in [0.5, 0.6) is 0 Å². The Kier molecular flexibility index (Phi) is 3.79. The lowest BCUT2D eigenvalue weighted by atomic mass is 10.3. The first-order chi connectivity index (χ1) is 9.60. The fraction of sp³-hybridized carbons (Fsp3) is 0.154. The average molecular weight is 378 g/mol. The third kappa shape index (κ3) is 2.36. The highest BCUT2D eigenvalue weighted by atomic mass is 79.9. The Balaban J connectivity index is 2.19. The van der Waals surface area contributed by atoms with Crippen molar-refractivity contribution >= 4 is 49.9 Å². The fourth-order valence-electron chi connectivity index (χ4n) is 2.07. The van der Waals surface area contributed by atoms with Gasteiger partial charge in [0.25, 0.3) is 0 Å². The van der Waals surface area contributed by atoms with Gasteiger partial charge in [0.2, 0.25) is 0 Å². The summed E-state index contributed by atoms with van der Waals surface area (Å²) in [6, 6.07) is 6.38. The van der Waals surface area contributed by atoms with Crippen LogP contribution in [0.4, 0.5) is 8.78 Å². The van der Waals surface area contributed by atoms with Crippen LogP contribution in [-0.2, 0) is 12.4 Å².